The van der Waals surface area contributed by atoms with Gasteiger partial charge in [-0.05, 0) is 38.1 Å². The molecule has 0 aliphatic carbocycles. The van der Waals surface area contributed by atoms with Crippen LogP contribution in [0.1, 0.15) is 13.8 Å². The summed E-state index contributed by atoms with van der Waals surface area (Å²) in [7, 11) is -1.24. The number of halogens is 1. The highest BCUT2D eigenvalue weighted by Gasteiger charge is 2.17. The first-order valence-corrected chi connectivity index (χ1v) is 7.74. The number of anilines is 1. The molecule has 0 bridgehead atoms. The van der Waals surface area contributed by atoms with Gasteiger partial charge in [0.25, 0.3) is 0 Å². The predicted octanol–water partition coefficient (Wildman–Crippen LogP) is 1.87. The first-order valence-electron chi connectivity index (χ1n) is 5.45. The summed E-state index contributed by atoms with van der Waals surface area (Å²) in [6.07, 6.45) is 0. The van der Waals surface area contributed by atoms with Crippen LogP contribution < -0.4 is 11.1 Å². The fourth-order valence-corrected chi connectivity index (χ4v) is 2.90. The quantitative estimate of drug-likeness (QED) is 0.864. The second kappa shape index (κ2) is 6.45. The second-order valence-electron chi connectivity index (χ2n) is 4.77. The first kappa shape index (κ1) is 15.3. The largest absolute Gasteiger partial charge is 0.325 e. The zero-order valence-corrected chi connectivity index (χ0v) is 12.8. The molecule has 1 atom stereocenters. The lowest BCUT2D eigenvalue weighted by molar-refractivity contribution is -0.113. The van der Waals surface area contributed by atoms with E-state index < -0.39 is 16.3 Å². The zero-order valence-electron chi connectivity index (χ0n) is 10.4. The Kier molecular flexibility index (Phi) is 5.49. The van der Waals surface area contributed by atoms with Gasteiger partial charge >= 0.3 is 0 Å². The molecule has 0 saturated heterocycles. The van der Waals surface area contributed by atoms with Crippen LogP contribution >= 0.6 is 15.9 Å². The van der Waals surface area contributed by atoms with Gasteiger partial charge in [-0.25, -0.2) is 0 Å². The molecule has 18 heavy (non-hydrogen) atoms. The van der Waals surface area contributed by atoms with Gasteiger partial charge in [0.1, 0.15) is 5.75 Å². The van der Waals surface area contributed by atoms with Crippen LogP contribution in [0.5, 0.6) is 0 Å². The van der Waals surface area contributed by atoms with Gasteiger partial charge in [0.2, 0.25) is 5.91 Å². The van der Waals surface area contributed by atoms with E-state index in [1.165, 1.54) is 0 Å². The van der Waals surface area contributed by atoms with Crippen molar-refractivity contribution in [1.82, 2.24) is 0 Å². The maximum atomic E-state index is 11.7. The van der Waals surface area contributed by atoms with Crippen molar-refractivity contribution in [2.24, 2.45) is 5.73 Å². The summed E-state index contributed by atoms with van der Waals surface area (Å²) in [4.78, 5) is 11.6. The Labute approximate surface area is 118 Å². The van der Waals surface area contributed by atoms with E-state index in [-0.39, 0.29) is 11.7 Å². The molecule has 0 radical (unpaired) electrons. The van der Waals surface area contributed by atoms with Gasteiger partial charge in [-0.1, -0.05) is 15.9 Å². The van der Waals surface area contributed by atoms with E-state index in [4.69, 9.17) is 5.73 Å². The van der Waals surface area contributed by atoms with Crippen LogP contribution in [0.2, 0.25) is 0 Å². The van der Waals surface area contributed by atoms with Crippen LogP contribution in [0.25, 0.3) is 0 Å². The normalized spacial score (nSPS) is 13.1. The number of hydrogen-bond acceptors (Lipinski definition) is 3. The Morgan fingerprint density at radius 3 is 2.44 bits per heavy atom. The van der Waals surface area contributed by atoms with Crippen LogP contribution in [0.15, 0.2) is 28.7 Å². The Morgan fingerprint density at radius 1 is 1.39 bits per heavy atom. The Morgan fingerprint density at radius 2 is 1.94 bits per heavy atom. The van der Waals surface area contributed by atoms with Crippen molar-refractivity contribution in [3.05, 3.63) is 28.7 Å². The summed E-state index contributed by atoms with van der Waals surface area (Å²) in [5, 5.41) is 2.69. The van der Waals surface area contributed by atoms with Crippen LogP contribution in [0, 0.1) is 0 Å². The lowest BCUT2D eigenvalue weighted by Crippen LogP contribution is -2.39. The number of amides is 1. The number of rotatable bonds is 5. The summed E-state index contributed by atoms with van der Waals surface area (Å²) in [5.41, 5.74) is 5.91. The highest BCUT2D eigenvalue weighted by atomic mass is 79.9. The molecule has 3 N–H and O–H groups in total. The molecule has 1 aromatic carbocycles. The van der Waals surface area contributed by atoms with Gasteiger partial charge in [-0.15, -0.1) is 0 Å². The van der Waals surface area contributed by atoms with E-state index in [1.54, 1.807) is 26.0 Å². The molecule has 6 heteroatoms. The van der Waals surface area contributed by atoms with Crippen molar-refractivity contribution in [1.29, 1.82) is 0 Å². The third-order valence-electron chi connectivity index (χ3n) is 1.95. The number of nitrogens with two attached hydrogens (primary N) is 1. The van der Waals surface area contributed by atoms with E-state index in [0.29, 0.717) is 11.4 Å². The molecule has 0 aliphatic heterocycles. The van der Waals surface area contributed by atoms with Crippen molar-refractivity contribution in [3.8, 4) is 0 Å². The number of hydrogen-bond donors (Lipinski definition) is 2. The molecule has 1 amide bonds. The van der Waals surface area contributed by atoms with Gasteiger partial charge in [-0.2, -0.15) is 0 Å². The fourth-order valence-electron chi connectivity index (χ4n) is 1.34. The van der Waals surface area contributed by atoms with Gasteiger partial charge in [-0.3, -0.25) is 9.00 Å². The van der Waals surface area contributed by atoms with Crippen molar-refractivity contribution in [2.75, 3.05) is 16.8 Å². The van der Waals surface area contributed by atoms with E-state index in [0.717, 1.165) is 4.47 Å². The number of nitrogens with one attached hydrogen (secondary N) is 1. The molecule has 100 valence electrons. The first-order chi connectivity index (χ1) is 8.26. The Bertz CT molecular complexity index is 440. The van der Waals surface area contributed by atoms with Crippen molar-refractivity contribution in [3.63, 3.8) is 0 Å². The van der Waals surface area contributed by atoms with Gasteiger partial charge in [0, 0.05) is 32.3 Å². The third kappa shape index (κ3) is 6.28. The predicted molar refractivity (Wildman–Crippen MR) is 78.9 cm³/mol. The zero-order chi connectivity index (χ0) is 13.8. The molecule has 1 unspecified atom stereocenters. The van der Waals surface area contributed by atoms with Gasteiger partial charge in [0.15, 0.2) is 0 Å². The maximum Gasteiger partial charge on any atom is 0.236 e. The molecule has 1 rings (SSSR count). The molecular formula is C12H17BrN2O2S. The minimum atomic E-state index is -1.24. The van der Waals surface area contributed by atoms with E-state index in [2.05, 4.69) is 21.2 Å². The van der Waals surface area contributed by atoms with Crippen LogP contribution in [0.3, 0.4) is 0 Å². The molecule has 0 heterocycles. The van der Waals surface area contributed by atoms with Crippen LogP contribution in [0.4, 0.5) is 5.69 Å². The summed E-state index contributed by atoms with van der Waals surface area (Å²) in [5.74, 6) is 0.0113. The molecule has 0 fully saturated rings. The molecular weight excluding hydrogens is 316 g/mol. The van der Waals surface area contributed by atoms with E-state index in [1.807, 2.05) is 12.1 Å². The van der Waals surface area contributed by atoms with Crippen LogP contribution in [-0.4, -0.2) is 27.2 Å². The van der Waals surface area contributed by atoms with Crippen molar-refractivity contribution >= 4 is 38.3 Å². The monoisotopic (exact) mass is 332 g/mol. The molecule has 4 nitrogen and oxygen atoms in total. The summed E-state index contributed by atoms with van der Waals surface area (Å²) < 4.78 is 12.6. The molecule has 0 aromatic heterocycles. The van der Waals surface area contributed by atoms with Gasteiger partial charge in [0.05, 0.1) is 0 Å². The highest BCUT2D eigenvalue weighted by Crippen LogP contribution is 2.14. The SMILES string of the molecule is CC(C)(N)CS(=O)CC(=O)Nc1ccc(Br)cc1. The van der Waals surface area contributed by atoms with Crippen LogP contribution in [-0.2, 0) is 15.6 Å². The second-order valence-corrected chi connectivity index (χ2v) is 7.14. The number of benzene rings is 1. The van der Waals surface area contributed by atoms with E-state index in [9.17, 15) is 9.00 Å². The molecule has 0 aliphatic rings. The van der Waals surface area contributed by atoms with E-state index >= 15 is 0 Å². The fraction of sp³-hybridized carbons (Fsp3) is 0.417. The smallest absolute Gasteiger partial charge is 0.236 e. The minimum Gasteiger partial charge on any atom is -0.325 e. The van der Waals surface area contributed by atoms with Crippen molar-refractivity contribution < 1.29 is 9.00 Å². The number of carbonyl (C=O) groups is 1. The summed E-state index contributed by atoms with van der Waals surface area (Å²) in [6, 6.07) is 7.21. The Hall–Kier alpha value is -0.720. The summed E-state index contributed by atoms with van der Waals surface area (Å²) in [6.45, 7) is 3.58. The lowest BCUT2D eigenvalue weighted by Gasteiger charge is -2.17. The molecule has 0 saturated carbocycles. The average Bonchev–Trinajstić information content (AvgIpc) is 2.18. The van der Waals surface area contributed by atoms with Gasteiger partial charge < -0.3 is 11.1 Å². The van der Waals surface area contributed by atoms with Crippen molar-refractivity contribution in [2.45, 2.75) is 19.4 Å². The minimum absolute atomic E-state index is 0.0311. The highest BCUT2D eigenvalue weighted by molar-refractivity contribution is 9.10. The number of carbonyl (C=O) groups excluding carboxylic acids is 1. The lowest BCUT2D eigenvalue weighted by atomic mass is 10.1. The topological polar surface area (TPSA) is 72.2 Å². The summed E-state index contributed by atoms with van der Waals surface area (Å²) >= 11 is 3.31. The standard InChI is InChI=1S/C12H17BrN2O2S/c1-12(2,14)8-18(17)7-11(16)15-10-5-3-9(13)4-6-10/h3-6H,7-8,14H2,1-2H3,(H,15,16). The molecule has 0 spiro atoms. The Balaban J connectivity index is 2.47. The molecule has 1 aromatic rings. The third-order valence-corrected chi connectivity index (χ3v) is 4.13. The average molecular weight is 333 g/mol. The maximum absolute atomic E-state index is 11.7.